The molecule has 7 atom stereocenters. The quantitative estimate of drug-likeness (QED) is 0.490. The van der Waals surface area contributed by atoms with Crippen molar-refractivity contribution in [2.75, 3.05) is 0 Å². The fourth-order valence-electron chi connectivity index (χ4n) is 5.53. The molecule has 0 aromatic carbocycles. The van der Waals surface area contributed by atoms with Gasteiger partial charge in [-0.25, -0.2) is 0 Å². The van der Waals surface area contributed by atoms with Gasteiger partial charge in [0.15, 0.2) is 5.78 Å². The summed E-state index contributed by atoms with van der Waals surface area (Å²) < 4.78 is 0. The zero-order valence-corrected chi connectivity index (χ0v) is 18.2. The molecule has 2 aliphatic carbocycles. The van der Waals surface area contributed by atoms with Gasteiger partial charge in [0.1, 0.15) is 5.41 Å². The van der Waals surface area contributed by atoms with E-state index < -0.39 is 17.6 Å². The number of rotatable bonds is 2. The van der Waals surface area contributed by atoms with Crippen LogP contribution in [0, 0.1) is 29.1 Å². The van der Waals surface area contributed by atoms with Crippen LogP contribution < -0.4 is 5.32 Å². The van der Waals surface area contributed by atoms with Crippen LogP contribution in [0.5, 0.6) is 0 Å². The predicted octanol–water partition coefficient (Wildman–Crippen LogP) is 2.93. The molecule has 3 rings (SSSR count). The minimum atomic E-state index is -1.20. The number of allylic oxidation sites excluding steroid dienone is 5. The third-order valence-corrected chi connectivity index (χ3v) is 7.15. The van der Waals surface area contributed by atoms with Gasteiger partial charge in [0.2, 0.25) is 5.91 Å². The Morgan fingerprint density at radius 3 is 2.55 bits per heavy atom. The van der Waals surface area contributed by atoms with E-state index in [0.717, 1.165) is 12.0 Å². The van der Waals surface area contributed by atoms with Gasteiger partial charge in [-0.2, -0.15) is 0 Å². The average molecular weight is 402 g/mol. The van der Waals surface area contributed by atoms with E-state index in [4.69, 9.17) is 0 Å². The molecule has 0 aromatic rings. The first-order chi connectivity index (χ1) is 13.6. The van der Waals surface area contributed by atoms with Crippen molar-refractivity contribution in [2.45, 2.75) is 72.1 Å². The Morgan fingerprint density at radius 1 is 1.21 bits per heavy atom. The molecule has 0 bridgehead atoms. The first-order valence-corrected chi connectivity index (χ1v) is 10.8. The highest BCUT2D eigenvalue weighted by Gasteiger charge is 2.64. The topological polar surface area (TPSA) is 86.6 Å². The molecule has 1 amide bonds. The molecule has 5 nitrogen and oxygen atoms in total. The molecule has 1 aliphatic heterocycles. The molecule has 1 heterocycles. The molecule has 0 saturated carbocycles. The molecule has 0 aromatic heterocycles. The number of carbonyl (C=O) groups excluding carboxylic acids is 2. The molecular weight excluding hydrogens is 366 g/mol. The molecule has 1 saturated heterocycles. The largest absolute Gasteiger partial charge is 0.390 e. The fourth-order valence-corrected chi connectivity index (χ4v) is 5.53. The van der Waals surface area contributed by atoms with Crippen molar-refractivity contribution in [1.82, 2.24) is 5.32 Å². The van der Waals surface area contributed by atoms with E-state index in [1.807, 2.05) is 13.0 Å². The summed E-state index contributed by atoms with van der Waals surface area (Å²) in [7, 11) is 0. The number of amides is 1. The summed E-state index contributed by atoms with van der Waals surface area (Å²) in [5.41, 5.74) is 1.02. The summed E-state index contributed by atoms with van der Waals surface area (Å²) in [4.78, 5) is 27.1. The van der Waals surface area contributed by atoms with Crippen molar-refractivity contribution in [3.8, 4) is 0 Å². The summed E-state index contributed by atoms with van der Waals surface area (Å²) >= 11 is 0. The zero-order chi connectivity index (χ0) is 21.5. The second kappa shape index (κ2) is 8.19. The summed E-state index contributed by atoms with van der Waals surface area (Å²) in [5.74, 6) is -0.455. The Hall–Kier alpha value is -1.72. The minimum Gasteiger partial charge on any atom is -0.390 e. The second-order valence-corrected chi connectivity index (χ2v) is 9.66. The molecule has 3 aliphatic rings. The highest BCUT2D eigenvalue weighted by molar-refractivity contribution is 6.13. The van der Waals surface area contributed by atoms with Crippen molar-refractivity contribution in [1.29, 1.82) is 0 Å². The van der Waals surface area contributed by atoms with Crippen LogP contribution in [-0.2, 0) is 9.59 Å². The third-order valence-electron chi connectivity index (χ3n) is 7.15. The number of hydrogen-bond donors (Lipinski definition) is 3. The van der Waals surface area contributed by atoms with Crippen LogP contribution in [0.2, 0.25) is 0 Å². The summed E-state index contributed by atoms with van der Waals surface area (Å²) in [6.07, 6.45) is 6.60. The molecular formula is C24H35NO4. The number of aliphatic hydroxyl groups is 2. The Balaban J connectivity index is 2.20. The lowest BCUT2D eigenvalue weighted by Crippen LogP contribution is -2.51. The van der Waals surface area contributed by atoms with Crippen LogP contribution >= 0.6 is 0 Å². The van der Waals surface area contributed by atoms with E-state index in [0.29, 0.717) is 18.8 Å². The first-order valence-electron chi connectivity index (χ1n) is 10.8. The van der Waals surface area contributed by atoms with E-state index in [1.54, 1.807) is 0 Å². The molecule has 5 heteroatoms. The molecule has 1 spiro atoms. The van der Waals surface area contributed by atoms with Crippen LogP contribution in [0.1, 0.15) is 53.9 Å². The maximum Gasteiger partial charge on any atom is 0.235 e. The number of ketones is 1. The monoisotopic (exact) mass is 401 g/mol. The third kappa shape index (κ3) is 3.75. The van der Waals surface area contributed by atoms with Gasteiger partial charge in [0.25, 0.3) is 0 Å². The van der Waals surface area contributed by atoms with E-state index in [1.165, 1.54) is 17.7 Å². The Morgan fingerprint density at radius 2 is 1.90 bits per heavy atom. The van der Waals surface area contributed by atoms with Crippen molar-refractivity contribution in [2.24, 2.45) is 29.1 Å². The van der Waals surface area contributed by atoms with E-state index in [-0.39, 0.29) is 35.5 Å². The Kier molecular flexibility index (Phi) is 6.21. The van der Waals surface area contributed by atoms with Crippen molar-refractivity contribution >= 4 is 11.7 Å². The smallest absolute Gasteiger partial charge is 0.235 e. The molecule has 0 radical (unpaired) electrons. The van der Waals surface area contributed by atoms with Gasteiger partial charge < -0.3 is 15.5 Å². The number of hydrogen-bond acceptors (Lipinski definition) is 4. The van der Waals surface area contributed by atoms with Crippen molar-refractivity contribution in [3.05, 3.63) is 35.5 Å². The average Bonchev–Trinajstić information content (AvgIpc) is 2.93. The maximum absolute atomic E-state index is 13.6. The van der Waals surface area contributed by atoms with Gasteiger partial charge in [-0.3, -0.25) is 9.59 Å². The first kappa shape index (κ1) is 22.0. The maximum atomic E-state index is 13.6. The molecule has 3 N–H and O–H groups in total. The fraction of sp³-hybridized carbons (Fsp3) is 0.667. The van der Waals surface area contributed by atoms with E-state index in [9.17, 15) is 19.8 Å². The lowest BCUT2D eigenvalue weighted by atomic mass is 9.55. The normalized spacial score (nSPS) is 43.4. The number of carbonyl (C=O) groups is 2. The second-order valence-electron chi connectivity index (χ2n) is 9.66. The van der Waals surface area contributed by atoms with Gasteiger partial charge in [0.05, 0.1) is 12.2 Å². The van der Waals surface area contributed by atoms with E-state index >= 15 is 0 Å². The summed E-state index contributed by atoms with van der Waals surface area (Å²) in [6, 6.07) is -0.0599. The van der Waals surface area contributed by atoms with Gasteiger partial charge in [-0.15, -0.1) is 0 Å². The van der Waals surface area contributed by atoms with Crippen LogP contribution in [-0.4, -0.2) is 40.2 Å². The van der Waals surface area contributed by atoms with Crippen molar-refractivity contribution in [3.63, 3.8) is 0 Å². The van der Waals surface area contributed by atoms with Crippen LogP contribution in [0.25, 0.3) is 0 Å². The van der Waals surface area contributed by atoms with Crippen LogP contribution in [0.15, 0.2) is 35.5 Å². The Bertz CT molecular complexity index is 765. The summed E-state index contributed by atoms with van der Waals surface area (Å²) in [5, 5.41) is 23.6. The SMILES string of the molecule is CC1=C[C@@H]2/C=C(/C)CC[C@H](O)[C@H](O)/C=C\C(=O)[C@]23C(=O)N[C@H](CC(C)C)[C@@H]3[C@@H]1C. The van der Waals surface area contributed by atoms with Gasteiger partial charge in [-0.1, -0.05) is 50.1 Å². The van der Waals surface area contributed by atoms with Crippen molar-refractivity contribution < 1.29 is 19.8 Å². The zero-order valence-electron chi connectivity index (χ0n) is 18.2. The summed E-state index contributed by atoms with van der Waals surface area (Å²) in [6.45, 7) is 10.4. The standard InChI is InChI=1S/C24H35NO4/c1-13(2)10-18-22-16(5)15(4)12-17-11-14(3)6-7-19(26)20(27)8-9-21(28)24(17,22)23(29)25-18/h8-9,11-13,16-20,22,26-27H,6-7,10H2,1-5H3,(H,25,29)/b9-8-,14-11-/t16-,17+,18-,19+,20-,22+,24-/m1/s1. The highest BCUT2D eigenvalue weighted by Crippen LogP contribution is 2.55. The number of aliphatic hydroxyl groups excluding tert-OH is 2. The molecule has 29 heavy (non-hydrogen) atoms. The molecule has 0 unspecified atom stereocenters. The van der Waals surface area contributed by atoms with Gasteiger partial charge >= 0.3 is 0 Å². The minimum absolute atomic E-state index is 0.0599. The van der Waals surface area contributed by atoms with Crippen LogP contribution in [0.3, 0.4) is 0 Å². The predicted molar refractivity (Wildman–Crippen MR) is 113 cm³/mol. The van der Waals surface area contributed by atoms with E-state index in [2.05, 4.69) is 39.1 Å². The van der Waals surface area contributed by atoms with Gasteiger partial charge in [-0.05, 0) is 51.0 Å². The lowest BCUT2D eigenvalue weighted by Gasteiger charge is -2.44. The lowest BCUT2D eigenvalue weighted by molar-refractivity contribution is -0.142. The van der Waals surface area contributed by atoms with Gasteiger partial charge in [0, 0.05) is 17.9 Å². The van der Waals surface area contributed by atoms with Crippen LogP contribution in [0.4, 0.5) is 0 Å². The number of nitrogens with one attached hydrogen (secondary N) is 1. The molecule has 1 fully saturated rings. The highest BCUT2D eigenvalue weighted by atomic mass is 16.3. The Labute approximate surface area is 174 Å². The molecule has 160 valence electrons.